The monoisotopic (exact) mass is 219 g/mol. The minimum Gasteiger partial charge on any atom is -0.327 e. The molecule has 4 atom stereocenters. The summed E-state index contributed by atoms with van der Waals surface area (Å²) >= 11 is 0. The molecule has 2 rings (SSSR count). The van der Waals surface area contributed by atoms with Gasteiger partial charge in [-0.3, -0.25) is 0 Å². The Morgan fingerprint density at radius 2 is 1.94 bits per heavy atom. The number of allylic oxidation sites excluding steroid dienone is 4. The second kappa shape index (κ2) is 4.03. The number of hydrogen-bond donors (Lipinski definition) is 1. The molecule has 0 heterocycles. The molecule has 2 aliphatic carbocycles. The van der Waals surface area contributed by atoms with Gasteiger partial charge in [-0.15, -0.1) is 0 Å². The molecule has 90 valence electrons. The minimum atomic E-state index is 0.246. The van der Waals surface area contributed by atoms with E-state index in [9.17, 15) is 0 Å². The van der Waals surface area contributed by atoms with E-state index < -0.39 is 0 Å². The summed E-state index contributed by atoms with van der Waals surface area (Å²) in [7, 11) is 0. The molecule has 0 aromatic carbocycles. The number of rotatable bonds is 1. The SMILES string of the molecule is CC1CCC(N)C(C)(C2(C)C=CC=CC2)C1. The third kappa shape index (κ3) is 1.75. The Hall–Kier alpha value is -0.560. The Morgan fingerprint density at radius 3 is 2.56 bits per heavy atom. The maximum atomic E-state index is 6.43. The summed E-state index contributed by atoms with van der Waals surface area (Å²) in [6.07, 6.45) is 13.9. The summed E-state index contributed by atoms with van der Waals surface area (Å²) in [5.74, 6) is 0.820. The van der Waals surface area contributed by atoms with E-state index in [1.807, 2.05) is 0 Å². The van der Waals surface area contributed by atoms with E-state index in [2.05, 4.69) is 45.1 Å². The Balaban J connectivity index is 2.28. The molecule has 0 aliphatic heterocycles. The molecule has 1 saturated carbocycles. The Bertz CT molecular complexity index is 317. The van der Waals surface area contributed by atoms with Crippen molar-refractivity contribution in [2.24, 2.45) is 22.5 Å². The Labute approximate surface area is 99.8 Å². The first-order valence-electron chi connectivity index (χ1n) is 6.58. The van der Waals surface area contributed by atoms with E-state index >= 15 is 0 Å². The summed E-state index contributed by atoms with van der Waals surface area (Å²) in [5, 5.41) is 0. The second-order valence-electron chi connectivity index (χ2n) is 6.32. The molecule has 0 aromatic heterocycles. The maximum absolute atomic E-state index is 6.43. The van der Waals surface area contributed by atoms with Gasteiger partial charge in [-0.05, 0) is 42.4 Å². The predicted molar refractivity (Wildman–Crippen MR) is 70.1 cm³/mol. The largest absolute Gasteiger partial charge is 0.327 e. The van der Waals surface area contributed by atoms with Gasteiger partial charge < -0.3 is 5.73 Å². The zero-order valence-corrected chi connectivity index (χ0v) is 10.9. The van der Waals surface area contributed by atoms with E-state index in [0.717, 1.165) is 12.3 Å². The van der Waals surface area contributed by atoms with Gasteiger partial charge in [-0.2, -0.15) is 0 Å². The average molecular weight is 219 g/mol. The molecule has 1 nitrogen and oxygen atoms in total. The molecule has 0 aromatic rings. The molecule has 0 radical (unpaired) electrons. The summed E-state index contributed by atoms with van der Waals surface area (Å²) in [4.78, 5) is 0. The molecule has 4 unspecified atom stereocenters. The van der Waals surface area contributed by atoms with Crippen molar-refractivity contribution in [2.75, 3.05) is 0 Å². The molecule has 2 N–H and O–H groups in total. The zero-order valence-electron chi connectivity index (χ0n) is 10.9. The topological polar surface area (TPSA) is 26.0 Å². The first kappa shape index (κ1) is 11.9. The van der Waals surface area contributed by atoms with Crippen LogP contribution in [0.5, 0.6) is 0 Å². The lowest BCUT2D eigenvalue weighted by atomic mass is 9.53. The van der Waals surface area contributed by atoms with Crippen LogP contribution >= 0.6 is 0 Å². The highest BCUT2D eigenvalue weighted by Crippen LogP contribution is 2.53. The van der Waals surface area contributed by atoms with Crippen LogP contribution in [0.15, 0.2) is 24.3 Å². The van der Waals surface area contributed by atoms with Crippen molar-refractivity contribution < 1.29 is 0 Å². The summed E-state index contributed by atoms with van der Waals surface area (Å²) < 4.78 is 0. The Morgan fingerprint density at radius 1 is 1.19 bits per heavy atom. The van der Waals surface area contributed by atoms with Crippen molar-refractivity contribution in [1.29, 1.82) is 0 Å². The maximum Gasteiger partial charge on any atom is 0.0101 e. The molecule has 0 bridgehead atoms. The van der Waals surface area contributed by atoms with Crippen LogP contribution in [0, 0.1) is 16.7 Å². The van der Waals surface area contributed by atoms with E-state index in [0.29, 0.717) is 6.04 Å². The summed E-state index contributed by atoms with van der Waals surface area (Å²) in [5.41, 5.74) is 6.94. The zero-order chi connectivity index (χ0) is 11.8. The van der Waals surface area contributed by atoms with Crippen molar-refractivity contribution in [1.82, 2.24) is 0 Å². The molecule has 16 heavy (non-hydrogen) atoms. The summed E-state index contributed by atoms with van der Waals surface area (Å²) in [6.45, 7) is 7.15. The lowest BCUT2D eigenvalue weighted by Crippen LogP contribution is -2.53. The average Bonchev–Trinajstić information content (AvgIpc) is 2.25. The van der Waals surface area contributed by atoms with Gasteiger partial charge >= 0.3 is 0 Å². The van der Waals surface area contributed by atoms with Gasteiger partial charge in [0.2, 0.25) is 0 Å². The third-order valence-electron chi connectivity index (χ3n) is 5.12. The van der Waals surface area contributed by atoms with Crippen LogP contribution in [0.4, 0.5) is 0 Å². The van der Waals surface area contributed by atoms with Gasteiger partial charge in [-0.25, -0.2) is 0 Å². The highest BCUT2D eigenvalue weighted by atomic mass is 14.7. The normalized spacial score (nSPS) is 48.2. The Kier molecular flexibility index (Phi) is 3.00. The standard InChI is InChI=1S/C15H25N/c1-12-7-8-13(16)15(3,11-12)14(2)9-5-4-6-10-14/h4-6,9,12-13H,7-8,10-11,16H2,1-3H3. The third-order valence-corrected chi connectivity index (χ3v) is 5.12. The van der Waals surface area contributed by atoms with Gasteiger partial charge in [0.25, 0.3) is 0 Å². The molecule has 0 saturated heterocycles. The van der Waals surface area contributed by atoms with E-state index in [4.69, 9.17) is 5.73 Å². The summed E-state index contributed by atoms with van der Waals surface area (Å²) in [6, 6.07) is 0.352. The van der Waals surface area contributed by atoms with Crippen LogP contribution in [-0.4, -0.2) is 6.04 Å². The molecule has 2 aliphatic rings. The fraction of sp³-hybridized carbons (Fsp3) is 0.733. The van der Waals surface area contributed by atoms with Gasteiger partial charge in [-0.1, -0.05) is 45.1 Å². The number of hydrogen-bond acceptors (Lipinski definition) is 1. The van der Waals surface area contributed by atoms with Crippen LogP contribution in [0.1, 0.15) is 46.5 Å². The van der Waals surface area contributed by atoms with E-state index in [1.54, 1.807) is 0 Å². The van der Waals surface area contributed by atoms with Crippen LogP contribution in [0.3, 0.4) is 0 Å². The molecule has 1 heteroatoms. The fourth-order valence-corrected chi connectivity index (χ4v) is 3.57. The van der Waals surface area contributed by atoms with Crippen molar-refractivity contribution in [3.8, 4) is 0 Å². The number of nitrogens with two attached hydrogens (primary N) is 1. The van der Waals surface area contributed by atoms with Crippen LogP contribution in [0.2, 0.25) is 0 Å². The molecular weight excluding hydrogens is 194 g/mol. The highest BCUT2D eigenvalue weighted by Gasteiger charge is 2.48. The van der Waals surface area contributed by atoms with Gasteiger partial charge in [0, 0.05) is 6.04 Å². The molecule has 1 fully saturated rings. The van der Waals surface area contributed by atoms with Crippen molar-refractivity contribution in [3.05, 3.63) is 24.3 Å². The molecule has 0 amide bonds. The lowest BCUT2D eigenvalue weighted by molar-refractivity contribution is 0.0244. The minimum absolute atomic E-state index is 0.246. The lowest BCUT2D eigenvalue weighted by Gasteiger charge is -2.53. The van der Waals surface area contributed by atoms with Crippen LogP contribution in [0.25, 0.3) is 0 Å². The van der Waals surface area contributed by atoms with Crippen molar-refractivity contribution in [3.63, 3.8) is 0 Å². The quantitative estimate of drug-likeness (QED) is 0.715. The fourth-order valence-electron chi connectivity index (χ4n) is 3.57. The van der Waals surface area contributed by atoms with Crippen LogP contribution < -0.4 is 5.73 Å². The second-order valence-corrected chi connectivity index (χ2v) is 6.32. The molecule has 0 spiro atoms. The predicted octanol–water partition coefficient (Wildman–Crippen LogP) is 3.66. The first-order chi connectivity index (χ1) is 7.48. The van der Waals surface area contributed by atoms with Gasteiger partial charge in [0.1, 0.15) is 0 Å². The van der Waals surface area contributed by atoms with E-state index in [1.165, 1.54) is 19.3 Å². The van der Waals surface area contributed by atoms with Crippen molar-refractivity contribution >= 4 is 0 Å². The molecular formula is C15H25N. The van der Waals surface area contributed by atoms with Crippen LogP contribution in [-0.2, 0) is 0 Å². The van der Waals surface area contributed by atoms with Gasteiger partial charge in [0.15, 0.2) is 0 Å². The highest BCUT2D eigenvalue weighted by molar-refractivity contribution is 5.21. The first-order valence-corrected chi connectivity index (χ1v) is 6.58. The van der Waals surface area contributed by atoms with E-state index in [-0.39, 0.29) is 10.8 Å². The smallest absolute Gasteiger partial charge is 0.0101 e. The van der Waals surface area contributed by atoms with Gasteiger partial charge in [0.05, 0.1) is 0 Å². The van der Waals surface area contributed by atoms with Crippen molar-refractivity contribution in [2.45, 2.75) is 52.5 Å².